The van der Waals surface area contributed by atoms with Crippen molar-refractivity contribution in [2.45, 2.75) is 6.42 Å². The summed E-state index contributed by atoms with van der Waals surface area (Å²) in [7, 11) is 1.56. The molecule has 3 rings (SSSR count). The van der Waals surface area contributed by atoms with Gasteiger partial charge < -0.3 is 14.2 Å². The van der Waals surface area contributed by atoms with Crippen molar-refractivity contribution in [3.63, 3.8) is 0 Å². The van der Waals surface area contributed by atoms with Crippen molar-refractivity contribution in [3.05, 3.63) is 75.4 Å². The Morgan fingerprint density at radius 3 is 2.60 bits per heavy atom. The lowest BCUT2D eigenvalue weighted by Gasteiger charge is -2.12. The average molecular weight is 445 g/mol. The Hall–Kier alpha value is -3.03. The molecule has 0 radical (unpaired) electrons. The van der Waals surface area contributed by atoms with Crippen LogP contribution in [0.3, 0.4) is 0 Å². The van der Waals surface area contributed by atoms with Crippen LogP contribution in [0.5, 0.6) is 17.2 Å². The van der Waals surface area contributed by atoms with Gasteiger partial charge in [-0.2, -0.15) is 5.10 Å². The van der Waals surface area contributed by atoms with E-state index in [2.05, 4.69) is 10.5 Å². The number of hydrazone groups is 1. The first kappa shape index (κ1) is 21.7. The number of methoxy groups -OCH3 is 1. The van der Waals surface area contributed by atoms with E-state index in [-0.39, 0.29) is 5.91 Å². The number of halogens is 1. The lowest BCUT2D eigenvalue weighted by Crippen LogP contribution is -2.19. The molecule has 1 amide bonds. The van der Waals surface area contributed by atoms with Crippen LogP contribution in [0.1, 0.15) is 10.4 Å². The quantitative estimate of drug-likeness (QED) is 0.283. The molecule has 0 aliphatic carbocycles. The number of carbonyl (C=O) groups is 1. The molecule has 8 heteroatoms. The van der Waals surface area contributed by atoms with Crippen LogP contribution in [0.4, 0.5) is 0 Å². The number of carbonyl (C=O) groups excluding carboxylic acids is 1. The minimum absolute atomic E-state index is 0.167. The van der Waals surface area contributed by atoms with E-state index in [1.165, 1.54) is 11.3 Å². The van der Waals surface area contributed by atoms with Gasteiger partial charge in [0.1, 0.15) is 19.0 Å². The van der Waals surface area contributed by atoms with Gasteiger partial charge in [0.25, 0.3) is 0 Å². The van der Waals surface area contributed by atoms with E-state index >= 15 is 0 Å². The van der Waals surface area contributed by atoms with E-state index < -0.39 is 0 Å². The van der Waals surface area contributed by atoms with Gasteiger partial charge in [-0.1, -0.05) is 29.8 Å². The zero-order valence-electron chi connectivity index (χ0n) is 16.3. The number of hydrogen-bond donors (Lipinski definition) is 1. The first-order valence-electron chi connectivity index (χ1n) is 9.18. The largest absolute Gasteiger partial charge is 0.493 e. The number of amides is 1. The lowest BCUT2D eigenvalue weighted by molar-refractivity contribution is -0.120. The summed E-state index contributed by atoms with van der Waals surface area (Å²) in [5.74, 6) is 1.59. The lowest BCUT2D eigenvalue weighted by atomic mass is 10.2. The van der Waals surface area contributed by atoms with Crippen LogP contribution < -0.4 is 19.6 Å². The smallest absolute Gasteiger partial charge is 0.245 e. The van der Waals surface area contributed by atoms with Gasteiger partial charge in [-0.15, -0.1) is 11.3 Å². The first-order valence-corrected chi connectivity index (χ1v) is 10.4. The van der Waals surface area contributed by atoms with Crippen molar-refractivity contribution in [3.8, 4) is 17.2 Å². The maximum atomic E-state index is 11.9. The predicted molar refractivity (Wildman–Crippen MR) is 119 cm³/mol. The van der Waals surface area contributed by atoms with Gasteiger partial charge in [-0.05, 0) is 47.3 Å². The topological polar surface area (TPSA) is 69.2 Å². The Morgan fingerprint density at radius 2 is 1.87 bits per heavy atom. The molecule has 3 aromatic rings. The van der Waals surface area contributed by atoms with Crippen LogP contribution in [-0.4, -0.2) is 32.4 Å². The van der Waals surface area contributed by atoms with Crippen LogP contribution in [0, 0.1) is 0 Å². The van der Waals surface area contributed by atoms with E-state index in [0.717, 1.165) is 10.4 Å². The van der Waals surface area contributed by atoms with Crippen LogP contribution in [0.2, 0.25) is 5.02 Å². The molecule has 0 aliphatic rings. The monoisotopic (exact) mass is 444 g/mol. The molecule has 0 atom stereocenters. The van der Waals surface area contributed by atoms with Crippen molar-refractivity contribution in [1.29, 1.82) is 0 Å². The maximum absolute atomic E-state index is 11.9. The molecule has 0 spiro atoms. The molecule has 1 heterocycles. The zero-order valence-corrected chi connectivity index (χ0v) is 17.9. The minimum Gasteiger partial charge on any atom is -0.493 e. The molecule has 0 fully saturated rings. The highest BCUT2D eigenvalue weighted by Gasteiger charge is 2.07. The summed E-state index contributed by atoms with van der Waals surface area (Å²) in [4.78, 5) is 12.9. The molecule has 0 unspecified atom stereocenters. The van der Waals surface area contributed by atoms with Gasteiger partial charge in [0.05, 0.1) is 24.8 Å². The molecule has 30 heavy (non-hydrogen) atoms. The van der Waals surface area contributed by atoms with Gasteiger partial charge in [0, 0.05) is 4.88 Å². The second kappa shape index (κ2) is 11.2. The number of nitrogens with one attached hydrogen (secondary N) is 1. The number of rotatable bonds is 10. The van der Waals surface area contributed by atoms with Crippen LogP contribution in [0.15, 0.2) is 65.1 Å². The summed E-state index contributed by atoms with van der Waals surface area (Å²) in [6, 6.07) is 16.5. The van der Waals surface area contributed by atoms with Gasteiger partial charge in [-0.25, -0.2) is 5.43 Å². The molecule has 0 saturated heterocycles. The van der Waals surface area contributed by atoms with Crippen molar-refractivity contribution < 1.29 is 19.0 Å². The second-order valence-corrected chi connectivity index (χ2v) is 7.53. The number of hydrogen-bond acceptors (Lipinski definition) is 6. The Labute approximate surface area is 184 Å². The van der Waals surface area contributed by atoms with Crippen molar-refractivity contribution >= 4 is 35.1 Å². The summed E-state index contributed by atoms with van der Waals surface area (Å²) in [6.07, 6.45) is 1.86. The fourth-order valence-electron chi connectivity index (χ4n) is 2.54. The summed E-state index contributed by atoms with van der Waals surface area (Å²) in [5, 5.41) is 6.49. The summed E-state index contributed by atoms with van der Waals surface area (Å²) in [5.41, 5.74) is 3.29. The third kappa shape index (κ3) is 6.50. The molecule has 2 aromatic carbocycles. The Morgan fingerprint density at radius 1 is 1.07 bits per heavy atom. The molecule has 0 aliphatic heterocycles. The molecule has 6 nitrogen and oxygen atoms in total. The van der Waals surface area contributed by atoms with E-state index in [0.29, 0.717) is 41.9 Å². The molecular formula is C22H21ClN2O4S. The van der Waals surface area contributed by atoms with Gasteiger partial charge in [0.15, 0.2) is 11.5 Å². The Balaban J connectivity index is 1.49. The number of ether oxygens (including phenoxy) is 3. The number of benzene rings is 2. The summed E-state index contributed by atoms with van der Waals surface area (Å²) in [6.45, 7) is 0.667. The van der Waals surface area contributed by atoms with E-state index in [1.807, 2.05) is 35.7 Å². The van der Waals surface area contributed by atoms with Gasteiger partial charge in [0.2, 0.25) is 5.91 Å². The zero-order chi connectivity index (χ0) is 21.2. The number of thiophene rings is 1. The third-order valence-electron chi connectivity index (χ3n) is 3.94. The van der Waals surface area contributed by atoms with E-state index in [4.69, 9.17) is 25.8 Å². The fourth-order valence-corrected chi connectivity index (χ4v) is 3.43. The predicted octanol–water partition coefficient (Wildman–Crippen LogP) is 4.56. The molecule has 156 valence electrons. The van der Waals surface area contributed by atoms with E-state index in [9.17, 15) is 4.79 Å². The van der Waals surface area contributed by atoms with Crippen molar-refractivity contribution in [2.24, 2.45) is 5.10 Å². The second-order valence-electron chi connectivity index (χ2n) is 6.09. The highest BCUT2D eigenvalue weighted by Crippen LogP contribution is 2.28. The normalized spacial score (nSPS) is 10.7. The minimum atomic E-state index is -0.167. The summed E-state index contributed by atoms with van der Waals surface area (Å²) < 4.78 is 16.7. The maximum Gasteiger partial charge on any atom is 0.245 e. The van der Waals surface area contributed by atoms with Gasteiger partial charge in [-0.3, -0.25) is 4.79 Å². The van der Waals surface area contributed by atoms with E-state index in [1.54, 1.807) is 37.6 Å². The first-order chi connectivity index (χ1) is 14.7. The third-order valence-corrected chi connectivity index (χ3v) is 5.13. The van der Waals surface area contributed by atoms with Crippen LogP contribution >= 0.6 is 22.9 Å². The summed E-state index contributed by atoms with van der Waals surface area (Å²) >= 11 is 7.59. The van der Waals surface area contributed by atoms with Gasteiger partial charge >= 0.3 is 0 Å². The number of para-hydroxylation sites is 1. The Bertz CT molecular complexity index is 993. The molecule has 1 aromatic heterocycles. The van der Waals surface area contributed by atoms with Crippen molar-refractivity contribution in [1.82, 2.24) is 5.43 Å². The molecule has 1 N–H and O–H groups in total. The Kier molecular flexibility index (Phi) is 8.11. The molecule has 0 bridgehead atoms. The van der Waals surface area contributed by atoms with Crippen molar-refractivity contribution in [2.75, 3.05) is 20.3 Å². The molecule has 0 saturated carbocycles. The standard InChI is InChI=1S/C22H21ClN2O4S/c1-27-21-13-16(15-24-25-22(26)14-17-5-4-12-30-17)8-9-20(21)29-11-10-28-19-7-3-2-6-18(19)23/h2-9,12-13,15H,10-11,14H2,1H3,(H,25,26)/b24-15-. The number of nitrogens with zero attached hydrogens (tertiary/aromatic N) is 1. The SMILES string of the molecule is COc1cc(/C=N\NC(=O)Cc2cccs2)ccc1OCCOc1ccccc1Cl. The van der Waals surface area contributed by atoms with Crippen LogP contribution in [-0.2, 0) is 11.2 Å². The highest BCUT2D eigenvalue weighted by atomic mass is 35.5. The average Bonchev–Trinajstić information content (AvgIpc) is 3.26. The highest BCUT2D eigenvalue weighted by molar-refractivity contribution is 7.10. The molecular weight excluding hydrogens is 424 g/mol. The fraction of sp³-hybridized carbons (Fsp3) is 0.182. The van der Waals surface area contributed by atoms with Crippen LogP contribution in [0.25, 0.3) is 0 Å².